The van der Waals surface area contributed by atoms with Crippen LogP contribution < -0.4 is 5.32 Å². The van der Waals surface area contributed by atoms with Gasteiger partial charge in [-0.1, -0.05) is 24.3 Å². The van der Waals surface area contributed by atoms with Gasteiger partial charge in [0, 0.05) is 25.0 Å². The van der Waals surface area contributed by atoms with Gasteiger partial charge in [-0.15, -0.1) is 0 Å². The Morgan fingerprint density at radius 2 is 1.90 bits per heavy atom. The molecule has 0 fully saturated rings. The number of nitrogens with one attached hydrogen (secondary N) is 1. The molecule has 0 aliphatic heterocycles. The Morgan fingerprint density at radius 3 is 2.55 bits per heavy atom. The van der Waals surface area contributed by atoms with Crippen LogP contribution >= 0.6 is 0 Å². The second kappa shape index (κ2) is 6.05. The van der Waals surface area contributed by atoms with Gasteiger partial charge in [0.2, 0.25) is 0 Å². The van der Waals surface area contributed by atoms with Gasteiger partial charge in [0.25, 0.3) is 0 Å². The van der Waals surface area contributed by atoms with Crippen LogP contribution in [0.5, 0.6) is 0 Å². The number of nitrogens with zero attached hydrogens (tertiary/aromatic N) is 1. The molecule has 2 aromatic rings. The van der Waals surface area contributed by atoms with E-state index in [1.165, 1.54) is 12.1 Å². The van der Waals surface area contributed by atoms with Crippen LogP contribution in [0.15, 0.2) is 48.8 Å². The van der Waals surface area contributed by atoms with Crippen molar-refractivity contribution in [3.8, 4) is 0 Å². The Labute approximate surface area is 115 Å². The second-order valence-corrected chi connectivity index (χ2v) is 4.54. The summed E-state index contributed by atoms with van der Waals surface area (Å²) in [7, 11) is 0. The molecule has 0 amide bonds. The third-order valence-corrected chi connectivity index (χ3v) is 3.11. The molecule has 0 spiro atoms. The van der Waals surface area contributed by atoms with E-state index in [1.54, 1.807) is 24.5 Å². The SMILES string of the molecule is CC(NCc1ccccc1C(F)(F)F)c1cccnc1. The molecule has 1 aromatic heterocycles. The summed E-state index contributed by atoms with van der Waals surface area (Å²) in [5.41, 5.74) is 0.596. The maximum absolute atomic E-state index is 12.9. The highest BCUT2D eigenvalue weighted by atomic mass is 19.4. The number of aromatic nitrogens is 1. The van der Waals surface area contributed by atoms with Crippen LogP contribution in [0.2, 0.25) is 0 Å². The van der Waals surface area contributed by atoms with Crippen LogP contribution in [-0.4, -0.2) is 4.98 Å². The Bertz CT molecular complexity index is 553. The van der Waals surface area contributed by atoms with E-state index >= 15 is 0 Å². The highest BCUT2D eigenvalue weighted by Gasteiger charge is 2.32. The van der Waals surface area contributed by atoms with E-state index in [2.05, 4.69) is 10.3 Å². The fraction of sp³-hybridized carbons (Fsp3) is 0.267. The van der Waals surface area contributed by atoms with Crippen molar-refractivity contribution >= 4 is 0 Å². The third-order valence-electron chi connectivity index (χ3n) is 3.11. The van der Waals surface area contributed by atoms with Gasteiger partial charge in [0.05, 0.1) is 5.56 Å². The maximum Gasteiger partial charge on any atom is 0.416 e. The fourth-order valence-corrected chi connectivity index (χ4v) is 1.96. The van der Waals surface area contributed by atoms with E-state index in [4.69, 9.17) is 0 Å². The molecular formula is C15H15F3N2. The smallest absolute Gasteiger partial charge is 0.306 e. The number of halogens is 3. The van der Waals surface area contributed by atoms with Crippen molar-refractivity contribution < 1.29 is 13.2 Å². The van der Waals surface area contributed by atoms with Gasteiger partial charge in [-0.05, 0) is 30.2 Å². The lowest BCUT2D eigenvalue weighted by Gasteiger charge is -2.17. The minimum atomic E-state index is -4.32. The van der Waals surface area contributed by atoms with Gasteiger partial charge < -0.3 is 5.32 Å². The second-order valence-electron chi connectivity index (χ2n) is 4.54. The summed E-state index contributed by atoms with van der Waals surface area (Å²) in [6, 6.07) is 9.23. The summed E-state index contributed by atoms with van der Waals surface area (Å²) in [6.45, 7) is 2.05. The van der Waals surface area contributed by atoms with E-state index in [0.717, 1.165) is 11.6 Å². The first-order valence-corrected chi connectivity index (χ1v) is 6.27. The number of pyridine rings is 1. The lowest BCUT2D eigenvalue weighted by molar-refractivity contribution is -0.138. The summed E-state index contributed by atoms with van der Waals surface area (Å²) in [5, 5.41) is 3.09. The Balaban J connectivity index is 2.08. The molecule has 1 N–H and O–H groups in total. The summed E-state index contributed by atoms with van der Waals surface area (Å²) >= 11 is 0. The Hall–Kier alpha value is -1.88. The van der Waals surface area contributed by atoms with Gasteiger partial charge in [-0.3, -0.25) is 4.98 Å². The predicted molar refractivity (Wildman–Crippen MR) is 70.9 cm³/mol. The maximum atomic E-state index is 12.9. The summed E-state index contributed by atoms with van der Waals surface area (Å²) in [4.78, 5) is 4.00. The van der Waals surface area contributed by atoms with Gasteiger partial charge in [-0.2, -0.15) is 13.2 Å². The van der Waals surface area contributed by atoms with E-state index in [-0.39, 0.29) is 18.2 Å². The summed E-state index contributed by atoms with van der Waals surface area (Å²) in [6.07, 6.45) is -0.960. The quantitative estimate of drug-likeness (QED) is 0.917. The first-order chi connectivity index (χ1) is 9.48. The fourth-order valence-electron chi connectivity index (χ4n) is 1.96. The molecule has 1 unspecified atom stereocenters. The van der Waals surface area contributed by atoms with Crippen molar-refractivity contribution in [2.45, 2.75) is 25.7 Å². The van der Waals surface area contributed by atoms with Crippen molar-refractivity contribution in [1.29, 1.82) is 0 Å². The van der Waals surface area contributed by atoms with Crippen molar-refractivity contribution in [2.24, 2.45) is 0 Å². The number of alkyl halides is 3. The molecule has 2 nitrogen and oxygen atoms in total. The number of benzene rings is 1. The van der Waals surface area contributed by atoms with Crippen LogP contribution in [0, 0.1) is 0 Å². The Kier molecular flexibility index (Phi) is 4.39. The number of hydrogen-bond donors (Lipinski definition) is 1. The molecule has 20 heavy (non-hydrogen) atoms. The number of rotatable bonds is 4. The first-order valence-electron chi connectivity index (χ1n) is 6.27. The van der Waals surface area contributed by atoms with Gasteiger partial charge >= 0.3 is 6.18 Å². The highest BCUT2D eigenvalue weighted by Crippen LogP contribution is 2.31. The Morgan fingerprint density at radius 1 is 1.15 bits per heavy atom. The van der Waals surface area contributed by atoms with E-state index in [9.17, 15) is 13.2 Å². The van der Waals surface area contributed by atoms with E-state index in [1.807, 2.05) is 13.0 Å². The van der Waals surface area contributed by atoms with Crippen LogP contribution in [-0.2, 0) is 12.7 Å². The minimum Gasteiger partial charge on any atom is -0.306 e. The molecule has 5 heteroatoms. The van der Waals surface area contributed by atoms with Crippen molar-refractivity contribution in [2.75, 3.05) is 0 Å². The molecular weight excluding hydrogens is 265 g/mol. The average molecular weight is 280 g/mol. The zero-order chi connectivity index (χ0) is 14.6. The molecule has 0 saturated heterocycles. The topological polar surface area (TPSA) is 24.9 Å². The molecule has 2 rings (SSSR count). The zero-order valence-electron chi connectivity index (χ0n) is 11.0. The standard InChI is InChI=1S/C15H15F3N2/c1-11(12-6-4-8-19-9-12)20-10-13-5-2-3-7-14(13)15(16,17)18/h2-9,11,20H,10H2,1H3. The minimum absolute atomic E-state index is 0.0648. The van der Waals surface area contributed by atoms with Gasteiger partial charge in [-0.25, -0.2) is 0 Å². The molecule has 106 valence electrons. The number of hydrogen-bond acceptors (Lipinski definition) is 2. The van der Waals surface area contributed by atoms with E-state index in [0.29, 0.717) is 0 Å². The molecule has 1 atom stereocenters. The largest absolute Gasteiger partial charge is 0.416 e. The normalized spacial score (nSPS) is 13.2. The van der Waals surface area contributed by atoms with Gasteiger partial charge in [0.1, 0.15) is 0 Å². The first kappa shape index (κ1) is 14.5. The summed E-state index contributed by atoms with van der Waals surface area (Å²) in [5.74, 6) is 0. The molecule has 0 aliphatic carbocycles. The van der Waals surface area contributed by atoms with Crippen LogP contribution in [0.1, 0.15) is 29.7 Å². The molecule has 1 heterocycles. The predicted octanol–water partition coefficient (Wildman–Crippen LogP) is 3.95. The van der Waals surface area contributed by atoms with Crippen LogP contribution in [0.4, 0.5) is 13.2 Å². The molecule has 0 radical (unpaired) electrons. The zero-order valence-corrected chi connectivity index (χ0v) is 11.0. The molecule has 1 aromatic carbocycles. The molecule has 0 saturated carbocycles. The third kappa shape index (κ3) is 3.57. The van der Waals surface area contributed by atoms with Crippen LogP contribution in [0.25, 0.3) is 0 Å². The van der Waals surface area contributed by atoms with E-state index < -0.39 is 11.7 Å². The molecule has 0 bridgehead atoms. The highest BCUT2D eigenvalue weighted by molar-refractivity contribution is 5.29. The van der Waals surface area contributed by atoms with Crippen molar-refractivity contribution in [3.63, 3.8) is 0 Å². The van der Waals surface area contributed by atoms with Crippen molar-refractivity contribution in [1.82, 2.24) is 10.3 Å². The lowest BCUT2D eigenvalue weighted by Crippen LogP contribution is -2.20. The average Bonchev–Trinajstić information content (AvgIpc) is 2.45. The van der Waals surface area contributed by atoms with Crippen LogP contribution in [0.3, 0.4) is 0 Å². The molecule has 0 aliphatic rings. The van der Waals surface area contributed by atoms with Crippen molar-refractivity contribution in [3.05, 3.63) is 65.5 Å². The monoisotopic (exact) mass is 280 g/mol. The summed E-state index contributed by atoms with van der Waals surface area (Å²) < 4.78 is 38.6. The van der Waals surface area contributed by atoms with Gasteiger partial charge in [0.15, 0.2) is 0 Å². The lowest BCUT2D eigenvalue weighted by atomic mass is 10.1.